The average molecular weight is 427 g/mol. The van der Waals surface area contributed by atoms with Crippen LogP contribution >= 0.6 is 11.6 Å². The number of aromatic amines is 1. The number of esters is 1. The van der Waals surface area contributed by atoms with Crippen molar-refractivity contribution in [2.45, 2.75) is 53.3 Å². The summed E-state index contributed by atoms with van der Waals surface area (Å²) in [5.74, 6) is -1.32. The lowest BCUT2D eigenvalue weighted by atomic mass is 9.85. The Morgan fingerprint density at radius 2 is 2.00 bits per heavy atom. The minimum atomic E-state index is -1.03. The fourth-order valence-electron chi connectivity index (χ4n) is 2.92. The molecule has 8 heteroatoms. The molecule has 1 heterocycles. The van der Waals surface area contributed by atoms with Crippen LogP contribution in [0.1, 0.15) is 43.6 Å². The number of hydrogen-bond donors (Lipinski definition) is 1. The van der Waals surface area contributed by atoms with Crippen LogP contribution in [0.25, 0.3) is 10.9 Å². The lowest BCUT2D eigenvalue weighted by Crippen LogP contribution is -2.35. The van der Waals surface area contributed by atoms with E-state index in [0.29, 0.717) is 5.52 Å². The topological polar surface area (TPSA) is 68.4 Å². The molecule has 2 rings (SSSR count). The van der Waals surface area contributed by atoms with Crippen molar-refractivity contribution in [2.24, 2.45) is 5.41 Å². The average Bonchev–Trinajstić information content (AvgIpc) is 2.57. The van der Waals surface area contributed by atoms with Crippen LogP contribution in [0, 0.1) is 11.2 Å². The number of rotatable bonds is 6. The first-order valence-electron chi connectivity index (χ1n) is 9.13. The van der Waals surface area contributed by atoms with Crippen molar-refractivity contribution in [3.8, 4) is 0 Å². The second kappa shape index (κ2) is 8.76. The predicted molar refractivity (Wildman–Crippen MR) is 111 cm³/mol. The lowest BCUT2D eigenvalue weighted by Gasteiger charge is -2.33. The molecule has 28 heavy (non-hydrogen) atoms. The molecule has 0 saturated carbocycles. The van der Waals surface area contributed by atoms with Crippen LogP contribution < -0.4 is 5.43 Å². The molecule has 1 atom stereocenters. The summed E-state index contributed by atoms with van der Waals surface area (Å²) < 4.78 is 26.0. The lowest BCUT2D eigenvalue weighted by molar-refractivity contribution is 0.0524. The Balaban J connectivity index is 2.65. The smallest absolute Gasteiger partial charge is 0.343 e. The van der Waals surface area contributed by atoms with E-state index in [1.807, 2.05) is 33.9 Å². The number of H-pyrrole nitrogens is 1. The van der Waals surface area contributed by atoms with Gasteiger partial charge in [0, 0.05) is 23.6 Å². The number of carbonyl (C=O) groups excluding carboxylic acids is 1. The Kier molecular flexibility index (Phi) is 7.06. The molecule has 0 saturated heterocycles. The predicted octanol–water partition coefficient (Wildman–Crippen LogP) is 4.72. The number of hydrogen-bond acceptors (Lipinski definition) is 4. The molecule has 0 bridgehead atoms. The van der Waals surface area contributed by atoms with E-state index in [2.05, 4.69) is 4.98 Å². The van der Waals surface area contributed by atoms with Gasteiger partial charge in [-0.3, -0.25) is 4.79 Å². The van der Waals surface area contributed by atoms with E-state index in [4.69, 9.17) is 20.8 Å². The van der Waals surface area contributed by atoms with Gasteiger partial charge >= 0.3 is 5.97 Å². The molecular weight excluding hydrogens is 401 g/mol. The van der Waals surface area contributed by atoms with Crippen molar-refractivity contribution in [3.05, 3.63) is 44.5 Å². The SMILES string of the molecule is CCOC(=O)c1c[nH]c2c(CC(O[Si](C)C)C(C)(C)C)c(F)c(Cl)cc2c1=O. The molecule has 2 aromatic rings. The number of halogens is 2. The standard InChI is InChI=1S/C20H26ClFNO4Si/c1-7-26-19(25)13-10-23-17-11(9-15(20(2,3)4)27-28(5)6)16(22)14(21)8-12(17)18(13)24/h8,10,15H,7,9H2,1-6H3,(H,23,24). The molecule has 0 aliphatic heterocycles. The van der Waals surface area contributed by atoms with Gasteiger partial charge in [-0.1, -0.05) is 32.4 Å². The van der Waals surface area contributed by atoms with Gasteiger partial charge in [0.1, 0.15) is 11.4 Å². The molecule has 0 amide bonds. The van der Waals surface area contributed by atoms with Gasteiger partial charge < -0.3 is 14.1 Å². The van der Waals surface area contributed by atoms with Crippen molar-refractivity contribution in [1.29, 1.82) is 0 Å². The van der Waals surface area contributed by atoms with E-state index < -0.39 is 26.3 Å². The molecule has 1 aromatic carbocycles. The minimum absolute atomic E-state index is 0.140. The number of ether oxygens (including phenoxy) is 1. The van der Waals surface area contributed by atoms with Crippen molar-refractivity contribution < 1.29 is 18.3 Å². The molecule has 1 unspecified atom stereocenters. The molecule has 153 valence electrons. The summed E-state index contributed by atoms with van der Waals surface area (Å²) in [6, 6.07) is 1.25. The van der Waals surface area contributed by atoms with Gasteiger partial charge in [-0.25, -0.2) is 9.18 Å². The summed E-state index contributed by atoms with van der Waals surface area (Å²) in [5.41, 5.74) is -0.329. The van der Waals surface area contributed by atoms with Crippen LogP contribution in [0.3, 0.4) is 0 Å². The van der Waals surface area contributed by atoms with Crippen LogP contribution in [-0.2, 0) is 15.6 Å². The van der Waals surface area contributed by atoms with Gasteiger partial charge in [0.15, 0.2) is 0 Å². The third kappa shape index (κ3) is 4.82. The fourth-order valence-corrected chi connectivity index (χ4v) is 4.15. The maximum absolute atomic E-state index is 14.9. The van der Waals surface area contributed by atoms with Crippen LogP contribution in [-0.4, -0.2) is 32.7 Å². The number of nitrogens with one attached hydrogen (secondary N) is 1. The van der Waals surface area contributed by atoms with E-state index in [9.17, 15) is 14.0 Å². The quantitative estimate of drug-likeness (QED) is 0.536. The molecule has 1 N–H and O–H groups in total. The van der Waals surface area contributed by atoms with E-state index in [0.717, 1.165) is 0 Å². The van der Waals surface area contributed by atoms with Crippen LogP contribution in [0.5, 0.6) is 0 Å². The number of fused-ring (bicyclic) bond motifs is 1. The third-order valence-electron chi connectivity index (χ3n) is 4.40. The van der Waals surface area contributed by atoms with E-state index >= 15 is 0 Å². The van der Waals surface area contributed by atoms with Crippen LogP contribution in [0.4, 0.5) is 4.39 Å². The first-order chi connectivity index (χ1) is 13.0. The maximum Gasteiger partial charge on any atom is 0.343 e. The van der Waals surface area contributed by atoms with Crippen LogP contribution in [0.2, 0.25) is 18.1 Å². The summed E-state index contributed by atoms with van der Waals surface area (Å²) >= 11 is 6.08. The van der Waals surface area contributed by atoms with Crippen molar-refractivity contribution in [2.75, 3.05) is 6.61 Å². The molecule has 1 aromatic heterocycles. The number of benzene rings is 1. The van der Waals surface area contributed by atoms with Gasteiger partial charge in [0.05, 0.1) is 23.3 Å². The first-order valence-corrected chi connectivity index (χ1v) is 11.9. The van der Waals surface area contributed by atoms with Crippen molar-refractivity contribution in [1.82, 2.24) is 4.98 Å². The highest BCUT2D eigenvalue weighted by Gasteiger charge is 2.30. The number of pyridine rings is 1. The molecule has 0 aliphatic carbocycles. The van der Waals surface area contributed by atoms with Gasteiger partial charge in [-0.05, 0) is 31.5 Å². The summed E-state index contributed by atoms with van der Waals surface area (Å²) in [6.07, 6.45) is 1.25. The summed E-state index contributed by atoms with van der Waals surface area (Å²) in [6.45, 7) is 11.9. The normalized spacial score (nSPS) is 13.2. The highest BCUT2D eigenvalue weighted by Crippen LogP contribution is 2.32. The first kappa shape index (κ1) is 22.6. The highest BCUT2D eigenvalue weighted by molar-refractivity contribution is 6.48. The molecule has 1 radical (unpaired) electrons. The second-order valence-corrected chi connectivity index (χ2v) is 10.4. The Bertz CT molecular complexity index is 936. The Labute approximate surface area is 170 Å². The van der Waals surface area contributed by atoms with Crippen molar-refractivity contribution in [3.63, 3.8) is 0 Å². The summed E-state index contributed by atoms with van der Waals surface area (Å²) in [4.78, 5) is 27.7. The summed E-state index contributed by atoms with van der Waals surface area (Å²) in [5, 5.41) is -0.0154. The molecule has 0 spiro atoms. The molecular formula is C20H26ClFNO4Si. The van der Waals surface area contributed by atoms with Gasteiger partial charge in [0.25, 0.3) is 0 Å². The van der Waals surface area contributed by atoms with Gasteiger partial charge in [-0.15, -0.1) is 0 Å². The number of aromatic nitrogens is 1. The van der Waals surface area contributed by atoms with E-state index in [1.54, 1.807) is 6.92 Å². The Hall–Kier alpha value is -1.70. The van der Waals surface area contributed by atoms with Crippen molar-refractivity contribution >= 4 is 37.5 Å². The zero-order chi connectivity index (χ0) is 21.2. The zero-order valence-electron chi connectivity index (χ0n) is 17.0. The number of carbonyl (C=O) groups is 1. The molecule has 5 nitrogen and oxygen atoms in total. The molecule has 0 aliphatic rings. The maximum atomic E-state index is 14.9. The highest BCUT2D eigenvalue weighted by atomic mass is 35.5. The zero-order valence-corrected chi connectivity index (χ0v) is 18.8. The third-order valence-corrected chi connectivity index (χ3v) is 5.43. The van der Waals surface area contributed by atoms with E-state index in [1.165, 1.54) is 12.3 Å². The second-order valence-electron chi connectivity index (χ2n) is 7.91. The minimum Gasteiger partial charge on any atom is -0.462 e. The Morgan fingerprint density at radius 1 is 1.36 bits per heavy atom. The monoisotopic (exact) mass is 426 g/mol. The largest absolute Gasteiger partial charge is 0.462 e. The summed E-state index contributed by atoms with van der Waals surface area (Å²) in [7, 11) is -1.03. The molecule has 0 fully saturated rings. The Morgan fingerprint density at radius 3 is 2.54 bits per heavy atom. The van der Waals surface area contributed by atoms with Crippen LogP contribution in [0.15, 0.2) is 17.1 Å². The van der Waals surface area contributed by atoms with Gasteiger partial charge in [-0.2, -0.15) is 0 Å². The fraction of sp³-hybridized carbons (Fsp3) is 0.500. The van der Waals surface area contributed by atoms with E-state index in [-0.39, 0.29) is 46.1 Å². The van der Waals surface area contributed by atoms with Gasteiger partial charge in [0.2, 0.25) is 14.5 Å².